The fourth-order valence-electron chi connectivity index (χ4n) is 3.21. The Morgan fingerprint density at radius 1 is 1.22 bits per heavy atom. The molecule has 2 aliphatic heterocycles. The van der Waals surface area contributed by atoms with Crippen LogP contribution in [0.4, 0.5) is 11.4 Å². The van der Waals surface area contributed by atoms with Crippen molar-refractivity contribution in [3.63, 3.8) is 0 Å². The largest absolute Gasteiger partial charge is 0.372 e. The number of nitrogens with zero attached hydrogens (tertiary/aromatic N) is 3. The molecule has 2 amide bonds. The van der Waals surface area contributed by atoms with Gasteiger partial charge in [0.2, 0.25) is 11.8 Å². The molecular formula is C17H19N3O5S2. The van der Waals surface area contributed by atoms with Crippen molar-refractivity contribution in [3.8, 4) is 0 Å². The lowest BCUT2D eigenvalue weighted by Gasteiger charge is -2.36. The monoisotopic (exact) mass is 409 g/mol. The Bertz CT molecular complexity index is 775. The molecule has 3 atom stereocenters. The van der Waals surface area contributed by atoms with E-state index in [4.69, 9.17) is 17.0 Å². The van der Waals surface area contributed by atoms with Crippen molar-refractivity contribution in [3.05, 3.63) is 34.4 Å². The summed E-state index contributed by atoms with van der Waals surface area (Å²) in [6.07, 6.45) is 0.144. The zero-order valence-corrected chi connectivity index (χ0v) is 16.5. The minimum Gasteiger partial charge on any atom is -0.372 e. The molecule has 0 radical (unpaired) electrons. The average Bonchev–Trinajstić information content (AvgIpc) is 2.87. The fraction of sp³-hybridized carbons (Fsp3) is 0.471. The van der Waals surface area contributed by atoms with Gasteiger partial charge in [-0.15, -0.1) is 0 Å². The molecule has 0 N–H and O–H groups in total. The lowest BCUT2D eigenvalue weighted by Crippen LogP contribution is -2.47. The first kappa shape index (κ1) is 19.7. The number of amides is 2. The molecular weight excluding hydrogens is 390 g/mol. The zero-order valence-electron chi connectivity index (χ0n) is 14.9. The van der Waals surface area contributed by atoms with Gasteiger partial charge in [0.1, 0.15) is 9.57 Å². The average molecular weight is 409 g/mol. The second-order valence-electron chi connectivity index (χ2n) is 6.58. The second kappa shape index (κ2) is 7.91. The molecule has 2 aliphatic rings. The topological polar surface area (TPSA) is 93.0 Å². The molecule has 10 heteroatoms. The van der Waals surface area contributed by atoms with E-state index in [1.54, 1.807) is 0 Å². The van der Waals surface area contributed by atoms with Gasteiger partial charge in [-0.1, -0.05) is 24.0 Å². The maximum absolute atomic E-state index is 12.7. The van der Waals surface area contributed by atoms with Gasteiger partial charge in [-0.05, 0) is 26.0 Å². The number of hydrogen-bond acceptors (Lipinski definition) is 7. The van der Waals surface area contributed by atoms with Gasteiger partial charge >= 0.3 is 0 Å². The highest BCUT2D eigenvalue weighted by molar-refractivity contribution is 8.23. The summed E-state index contributed by atoms with van der Waals surface area (Å²) in [5.74, 6) is -0.687. The summed E-state index contributed by atoms with van der Waals surface area (Å²) in [5.41, 5.74) is 0.235. The number of rotatable bonds is 3. The Morgan fingerprint density at radius 3 is 2.37 bits per heavy atom. The summed E-state index contributed by atoms with van der Waals surface area (Å²) in [4.78, 5) is 38.4. The number of nitro benzene ring substituents is 1. The number of benzene rings is 1. The molecule has 2 heterocycles. The molecule has 0 saturated carbocycles. The molecule has 27 heavy (non-hydrogen) atoms. The summed E-state index contributed by atoms with van der Waals surface area (Å²) in [5, 5.41) is 10.2. The minimum atomic E-state index is -0.589. The third-order valence-corrected chi connectivity index (χ3v) is 6.00. The molecule has 8 nitrogen and oxygen atoms in total. The van der Waals surface area contributed by atoms with Gasteiger partial charge in [0.15, 0.2) is 0 Å². The number of non-ortho nitro benzene ring substituents is 1. The first-order chi connectivity index (χ1) is 12.8. The van der Waals surface area contributed by atoms with Crippen LogP contribution < -0.4 is 4.90 Å². The van der Waals surface area contributed by atoms with Crippen molar-refractivity contribution < 1.29 is 19.2 Å². The van der Waals surface area contributed by atoms with Gasteiger partial charge < -0.3 is 9.64 Å². The molecule has 144 valence electrons. The van der Waals surface area contributed by atoms with E-state index in [-0.39, 0.29) is 36.1 Å². The predicted molar refractivity (Wildman–Crippen MR) is 106 cm³/mol. The Morgan fingerprint density at radius 2 is 1.81 bits per heavy atom. The van der Waals surface area contributed by atoms with Crippen molar-refractivity contribution >= 4 is 51.5 Å². The standard InChI is InChI=1S/C17H19N3O5S2/c1-10-8-18(9-11(2)25-10)17(26)27-14-7-15(21)19(16(14)22)12-3-5-13(6-4-12)20(23)24/h3-6,10-11,14H,7-9H2,1-2H3/t10-,11-,14+/m1/s1. The van der Waals surface area contributed by atoms with Crippen LogP contribution in [0.5, 0.6) is 0 Å². The Hall–Kier alpha value is -2.04. The normalized spacial score (nSPS) is 25.8. The van der Waals surface area contributed by atoms with Gasteiger partial charge in [-0.3, -0.25) is 19.7 Å². The Kier molecular flexibility index (Phi) is 5.78. The number of hydrogen-bond donors (Lipinski definition) is 0. The second-order valence-corrected chi connectivity index (χ2v) is 8.42. The summed E-state index contributed by atoms with van der Waals surface area (Å²) in [6.45, 7) is 5.24. The van der Waals surface area contributed by atoms with Crippen molar-refractivity contribution in [1.29, 1.82) is 0 Å². The molecule has 0 unspecified atom stereocenters. The quantitative estimate of drug-likeness (QED) is 0.325. The van der Waals surface area contributed by atoms with Crippen molar-refractivity contribution in [2.24, 2.45) is 0 Å². The van der Waals surface area contributed by atoms with Gasteiger partial charge in [0.05, 0.1) is 22.8 Å². The van der Waals surface area contributed by atoms with Crippen LogP contribution in [0.2, 0.25) is 0 Å². The highest BCUT2D eigenvalue weighted by atomic mass is 32.2. The maximum Gasteiger partial charge on any atom is 0.269 e. The van der Waals surface area contributed by atoms with Crippen LogP contribution in [-0.2, 0) is 14.3 Å². The van der Waals surface area contributed by atoms with E-state index >= 15 is 0 Å². The molecule has 0 bridgehead atoms. The first-order valence-electron chi connectivity index (χ1n) is 8.48. The summed E-state index contributed by atoms with van der Waals surface area (Å²) >= 11 is 6.70. The molecule has 1 aromatic carbocycles. The fourth-order valence-corrected chi connectivity index (χ4v) is 4.69. The van der Waals surface area contributed by atoms with Crippen LogP contribution in [0.25, 0.3) is 0 Å². The van der Waals surface area contributed by atoms with Gasteiger partial charge in [-0.2, -0.15) is 0 Å². The number of ether oxygens (including phenoxy) is 1. The predicted octanol–water partition coefficient (Wildman–Crippen LogP) is 2.35. The first-order valence-corrected chi connectivity index (χ1v) is 9.77. The number of thiocarbonyl (C=S) groups is 1. The number of carbonyl (C=O) groups is 2. The Balaban J connectivity index is 1.68. The SMILES string of the molecule is C[C@@H]1CN(C(=S)S[C@H]2CC(=O)N(c3ccc([N+](=O)[O-])cc3)C2=O)C[C@@H](C)O1. The van der Waals surface area contributed by atoms with E-state index < -0.39 is 10.2 Å². The van der Waals surface area contributed by atoms with Gasteiger partial charge in [-0.25, -0.2) is 4.90 Å². The number of anilines is 1. The lowest BCUT2D eigenvalue weighted by molar-refractivity contribution is -0.384. The van der Waals surface area contributed by atoms with Crippen molar-refractivity contribution in [1.82, 2.24) is 4.90 Å². The summed E-state index contributed by atoms with van der Waals surface area (Å²) in [6, 6.07) is 5.37. The summed E-state index contributed by atoms with van der Waals surface area (Å²) in [7, 11) is 0. The van der Waals surface area contributed by atoms with E-state index in [9.17, 15) is 19.7 Å². The lowest BCUT2D eigenvalue weighted by atomic mass is 10.2. The van der Waals surface area contributed by atoms with Crippen LogP contribution in [0.3, 0.4) is 0 Å². The molecule has 1 aromatic rings. The van der Waals surface area contributed by atoms with Crippen LogP contribution >= 0.6 is 24.0 Å². The van der Waals surface area contributed by atoms with Crippen molar-refractivity contribution in [2.75, 3.05) is 18.0 Å². The molecule has 0 spiro atoms. The van der Waals surface area contributed by atoms with Crippen molar-refractivity contribution in [2.45, 2.75) is 37.7 Å². The van der Waals surface area contributed by atoms with E-state index in [1.807, 2.05) is 18.7 Å². The van der Waals surface area contributed by atoms with Gasteiger partial charge in [0, 0.05) is 31.6 Å². The molecule has 2 fully saturated rings. The minimum absolute atomic E-state index is 0.0461. The third kappa shape index (κ3) is 4.28. The van der Waals surface area contributed by atoms with E-state index in [0.29, 0.717) is 23.1 Å². The number of imide groups is 1. The van der Waals surface area contributed by atoms with E-state index in [2.05, 4.69) is 0 Å². The van der Waals surface area contributed by atoms with Crippen LogP contribution in [0.1, 0.15) is 20.3 Å². The van der Waals surface area contributed by atoms with E-state index in [0.717, 1.165) is 4.90 Å². The number of thioether (sulfide) groups is 1. The highest BCUT2D eigenvalue weighted by Gasteiger charge is 2.41. The highest BCUT2D eigenvalue weighted by Crippen LogP contribution is 2.32. The van der Waals surface area contributed by atoms with E-state index in [1.165, 1.54) is 36.0 Å². The van der Waals surface area contributed by atoms with Crippen LogP contribution in [0.15, 0.2) is 24.3 Å². The Labute approximate surface area is 166 Å². The molecule has 0 aromatic heterocycles. The summed E-state index contributed by atoms with van der Waals surface area (Å²) < 4.78 is 6.27. The molecule has 2 saturated heterocycles. The molecule has 3 rings (SSSR count). The molecule has 0 aliphatic carbocycles. The van der Waals surface area contributed by atoms with Crippen LogP contribution in [-0.4, -0.2) is 56.5 Å². The zero-order chi connectivity index (χ0) is 19.7. The maximum atomic E-state index is 12.7. The number of nitro groups is 1. The number of morpholine rings is 1. The third-order valence-electron chi connectivity index (χ3n) is 4.34. The van der Waals surface area contributed by atoms with Crippen LogP contribution in [0, 0.1) is 10.1 Å². The smallest absolute Gasteiger partial charge is 0.269 e. The van der Waals surface area contributed by atoms with Gasteiger partial charge in [0.25, 0.3) is 5.69 Å². The number of carbonyl (C=O) groups excluding carboxylic acids is 2.